The second kappa shape index (κ2) is 8.25. The van der Waals surface area contributed by atoms with E-state index in [2.05, 4.69) is 21.2 Å². The van der Waals surface area contributed by atoms with Gasteiger partial charge in [-0.2, -0.15) is 0 Å². The fraction of sp³-hybridized carbons (Fsp3) is 0.235. The predicted octanol–water partition coefficient (Wildman–Crippen LogP) is 4.17. The molecule has 0 atom stereocenters. The van der Waals surface area contributed by atoms with Crippen LogP contribution in [-0.4, -0.2) is 18.8 Å². The Balaban J connectivity index is 1.80. The lowest BCUT2D eigenvalue weighted by Crippen LogP contribution is -2.28. The molecule has 116 valence electrons. The molecule has 0 fully saturated rings. The Morgan fingerprint density at radius 1 is 1.23 bits per heavy atom. The number of hydrogen-bond acceptors (Lipinski definition) is 3. The first-order valence-electron chi connectivity index (χ1n) is 6.87. The van der Waals surface area contributed by atoms with Gasteiger partial charge >= 0.3 is 0 Å². The molecule has 3 nitrogen and oxygen atoms in total. The molecule has 2 aromatic carbocycles. The molecule has 0 aliphatic carbocycles. The zero-order valence-corrected chi connectivity index (χ0v) is 15.0. The third-order valence-electron chi connectivity index (χ3n) is 3.09. The number of halogens is 1. The Morgan fingerprint density at radius 2 is 1.95 bits per heavy atom. The van der Waals surface area contributed by atoms with Gasteiger partial charge in [-0.05, 0) is 64.5 Å². The lowest BCUT2D eigenvalue weighted by Gasteiger charge is -2.09. The minimum absolute atomic E-state index is 0.00452. The van der Waals surface area contributed by atoms with Crippen molar-refractivity contribution < 1.29 is 9.53 Å². The van der Waals surface area contributed by atoms with Crippen molar-refractivity contribution in [1.82, 2.24) is 5.32 Å². The minimum Gasteiger partial charge on any atom is -0.483 e. The average Bonchev–Trinajstić information content (AvgIpc) is 2.52. The fourth-order valence-corrected chi connectivity index (χ4v) is 2.88. The molecule has 5 heteroatoms. The molecule has 0 radical (unpaired) electrons. The van der Waals surface area contributed by atoms with E-state index in [0.717, 1.165) is 15.6 Å². The first kappa shape index (κ1) is 16.9. The Labute approximate surface area is 143 Å². The van der Waals surface area contributed by atoms with Gasteiger partial charge in [0.05, 0.1) is 4.47 Å². The van der Waals surface area contributed by atoms with Crippen molar-refractivity contribution in [3.63, 3.8) is 0 Å². The largest absolute Gasteiger partial charge is 0.483 e. The standard InChI is InChI=1S/C17H18BrNO2S/c1-12-3-8-16(15(18)9-12)21-11-17(20)19-10-13-4-6-14(22-2)7-5-13/h3-9H,10-11H2,1-2H3,(H,19,20). The number of rotatable bonds is 6. The maximum Gasteiger partial charge on any atom is 0.258 e. The molecule has 2 rings (SSSR count). The van der Waals surface area contributed by atoms with Crippen LogP contribution in [0.25, 0.3) is 0 Å². The molecule has 0 aromatic heterocycles. The van der Waals surface area contributed by atoms with Crippen molar-refractivity contribution in [2.45, 2.75) is 18.4 Å². The summed E-state index contributed by atoms with van der Waals surface area (Å²) >= 11 is 5.13. The molecule has 0 saturated heterocycles. The number of aryl methyl sites for hydroxylation is 1. The zero-order valence-electron chi connectivity index (χ0n) is 12.6. The topological polar surface area (TPSA) is 38.3 Å². The third kappa shape index (κ3) is 5.07. The van der Waals surface area contributed by atoms with Crippen LogP contribution in [0.5, 0.6) is 5.75 Å². The average molecular weight is 380 g/mol. The van der Waals surface area contributed by atoms with Gasteiger partial charge in [-0.25, -0.2) is 0 Å². The molecule has 1 N–H and O–H groups in total. The minimum atomic E-state index is -0.138. The summed E-state index contributed by atoms with van der Waals surface area (Å²) in [6.07, 6.45) is 2.04. The zero-order chi connectivity index (χ0) is 15.9. The fourth-order valence-electron chi connectivity index (χ4n) is 1.86. The highest BCUT2D eigenvalue weighted by Crippen LogP contribution is 2.25. The van der Waals surface area contributed by atoms with Crippen LogP contribution in [0.4, 0.5) is 0 Å². The molecule has 22 heavy (non-hydrogen) atoms. The molecular formula is C17H18BrNO2S. The SMILES string of the molecule is CSc1ccc(CNC(=O)COc2ccc(C)cc2Br)cc1. The van der Waals surface area contributed by atoms with Crippen LogP contribution >= 0.6 is 27.7 Å². The smallest absolute Gasteiger partial charge is 0.258 e. The molecule has 0 aliphatic rings. The Bertz CT molecular complexity index is 644. The highest BCUT2D eigenvalue weighted by molar-refractivity contribution is 9.10. The lowest BCUT2D eigenvalue weighted by atomic mass is 10.2. The van der Waals surface area contributed by atoms with Gasteiger partial charge in [0.15, 0.2) is 6.61 Å². The maximum atomic E-state index is 11.8. The summed E-state index contributed by atoms with van der Waals surface area (Å²) in [6.45, 7) is 2.51. The summed E-state index contributed by atoms with van der Waals surface area (Å²) in [5.41, 5.74) is 2.21. The van der Waals surface area contributed by atoms with E-state index in [1.54, 1.807) is 11.8 Å². The summed E-state index contributed by atoms with van der Waals surface area (Å²) in [7, 11) is 0. The molecule has 0 saturated carbocycles. The Kier molecular flexibility index (Phi) is 6.34. The Morgan fingerprint density at radius 3 is 2.59 bits per heavy atom. The van der Waals surface area contributed by atoms with Gasteiger partial charge in [0.1, 0.15) is 5.75 Å². The van der Waals surface area contributed by atoms with Gasteiger partial charge in [0, 0.05) is 11.4 Å². The van der Waals surface area contributed by atoms with Gasteiger partial charge in [0.25, 0.3) is 5.91 Å². The van der Waals surface area contributed by atoms with E-state index in [0.29, 0.717) is 12.3 Å². The molecular weight excluding hydrogens is 362 g/mol. The van der Waals surface area contributed by atoms with Crippen molar-refractivity contribution in [2.24, 2.45) is 0 Å². The van der Waals surface area contributed by atoms with Crippen LogP contribution in [-0.2, 0) is 11.3 Å². The number of benzene rings is 2. The van der Waals surface area contributed by atoms with Gasteiger partial charge in [-0.15, -0.1) is 11.8 Å². The number of amides is 1. The number of hydrogen-bond donors (Lipinski definition) is 1. The van der Waals surface area contributed by atoms with Gasteiger partial charge in [0.2, 0.25) is 0 Å². The van der Waals surface area contributed by atoms with Crippen molar-refractivity contribution in [3.8, 4) is 5.75 Å². The first-order chi connectivity index (χ1) is 10.6. The summed E-state index contributed by atoms with van der Waals surface area (Å²) in [6, 6.07) is 13.9. The number of ether oxygens (including phenoxy) is 1. The highest BCUT2D eigenvalue weighted by atomic mass is 79.9. The number of carbonyl (C=O) groups is 1. The highest BCUT2D eigenvalue weighted by Gasteiger charge is 2.06. The van der Waals surface area contributed by atoms with Crippen LogP contribution < -0.4 is 10.1 Å². The molecule has 0 aliphatic heterocycles. The molecule has 1 amide bonds. The van der Waals surface area contributed by atoms with Crippen LogP contribution in [0.15, 0.2) is 51.8 Å². The second-order valence-electron chi connectivity index (χ2n) is 4.85. The van der Waals surface area contributed by atoms with Gasteiger partial charge in [-0.3, -0.25) is 4.79 Å². The lowest BCUT2D eigenvalue weighted by molar-refractivity contribution is -0.123. The van der Waals surface area contributed by atoms with E-state index in [9.17, 15) is 4.79 Å². The van der Waals surface area contributed by atoms with Crippen LogP contribution in [0.3, 0.4) is 0 Å². The van der Waals surface area contributed by atoms with Crippen LogP contribution in [0, 0.1) is 6.92 Å². The number of thioether (sulfide) groups is 1. The first-order valence-corrected chi connectivity index (χ1v) is 8.89. The number of carbonyl (C=O) groups excluding carboxylic acids is 1. The molecule has 0 bridgehead atoms. The monoisotopic (exact) mass is 379 g/mol. The van der Waals surface area contributed by atoms with Crippen molar-refractivity contribution in [1.29, 1.82) is 0 Å². The molecule has 0 heterocycles. The van der Waals surface area contributed by atoms with Crippen molar-refractivity contribution in [3.05, 3.63) is 58.1 Å². The van der Waals surface area contributed by atoms with Crippen molar-refractivity contribution >= 4 is 33.6 Å². The van der Waals surface area contributed by atoms with E-state index >= 15 is 0 Å². The van der Waals surface area contributed by atoms with Crippen LogP contribution in [0.1, 0.15) is 11.1 Å². The van der Waals surface area contributed by atoms with Crippen LogP contribution in [0.2, 0.25) is 0 Å². The Hall–Kier alpha value is -1.46. The summed E-state index contributed by atoms with van der Waals surface area (Å²) in [5, 5.41) is 2.85. The maximum absolute atomic E-state index is 11.8. The normalized spacial score (nSPS) is 10.3. The quantitative estimate of drug-likeness (QED) is 0.765. The summed E-state index contributed by atoms with van der Waals surface area (Å²) in [4.78, 5) is 13.0. The summed E-state index contributed by atoms with van der Waals surface area (Å²) < 4.78 is 6.37. The van der Waals surface area contributed by atoms with E-state index in [4.69, 9.17) is 4.74 Å². The van der Waals surface area contributed by atoms with Gasteiger partial charge in [-0.1, -0.05) is 18.2 Å². The van der Waals surface area contributed by atoms with Crippen molar-refractivity contribution in [2.75, 3.05) is 12.9 Å². The molecule has 2 aromatic rings. The van der Waals surface area contributed by atoms with E-state index < -0.39 is 0 Å². The van der Waals surface area contributed by atoms with E-state index in [-0.39, 0.29) is 12.5 Å². The number of nitrogens with one attached hydrogen (secondary N) is 1. The second-order valence-corrected chi connectivity index (χ2v) is 6.58. The predicted molar refractivity (Wildman–Crippen MR) is 94.4 cm³/mol. The molecule has 0 spiro atoms. The summed E-state index contributed by atoms with van der Waals surface area (Å²) in [5.74, 6) is 0.534. The van der Waals surface area contributed by atoms with E-state index in [1.165, 1.54) is 4.90 Å². The molecule has 0 unspecified atom stereocenters. The third-order valence-corrected chi connectivity index (χ3v) is 4.46. The van der Waals surface area contributed by atoms with E-state index in [1.807, 2.05) is 55.6 Å². The van der Waals surface area contributed by atoms with Gasteiger partial charge < -0.3 is 10.1 Å².